The van der Waals surface area contributed by atoms with Gasteiger partial charge in [0.1, 0.15) is 10.8 Å². The van der Waals surface area contributed by atoms with Crippen molar-refractivity contribution in [2.75, 3.05) is 13.6 Å². The lowest BCUT2D eigenvalue weighted by Gasteiger charge is -2.15. The molecule has 7 heteroatoms. The monoisotopic (exact) mass is 268 g/mol. The summed E-state index contributed by atoms with van der Waals surface area (Å²) in [6.07, 6.45) is 4.63. The van der Waals surface area contributed by atoms with E-state index in [1.165, 1.54) is 17.3 Å². The Bertz CT molecular complexity index is 459. The number of amides is 2. The van der Waals surface area contributed by atoms with Gasteiger partial charge in [0.2, 0.25) is 5.91 Å². The van der Waals surface area contributed by atoms with Crippen LogP contribution in [0.25, 0.3) is 0 Å². The van der Waals surface area contributed by atoms with Gasteiger partial charge in [-0.15, -0.1) is 0 Å². The number of hydrogen-bond acceptors (Lipinski definition) is 4. The third-order valence-corrected chi connectivity index (χ3v) is 2.70. The molecule has 1 heterocycles. The highest BCUT2D eigenvalue weighted by Gasteiger charge is 2.24. The van der Waals surface area contributed by atoms with E-state index in [2.05, 4.69) is 15.3 Å². The Labute approximate surface area is 109 Å². The molecule has 1 aromatic heterocycles. The molecule has 1 fully saturated rings. The molecule has 0 unspecified atom stereocenters. The van der Waals surface area contributed by atoms with Crippen LogP contribution in [-0.2, 0) is 4.79 Å². The van der Waals surface area contributed by atoms with Crippen LogP contribution in [0.4, 0.5) is 0 Å². The standard InChI is InChI=1S/C11H13ClN4O2/c1-16(6-10(17)15-7-2-3-7)11(18)8-4-14-9(12)5-13-8/h4-5,7H,2-3,6H2,1H3,(H,15,17). The maximum atomic E-state index is 11.9. The van der Waals surface area contributed by atoms with Gasteiger partial charge in [-0.1, -0.05) is 11.6 Å². The third kappa shape index (κ3) is 3.40. The number of nitrogens with one attached hydrogen (secondary N) is 1. The molecule has 1 aliphatic rings. The molecule has 0 aromatic carbocycles. The topological polar surface area (TPSA) is 75.2 Å². The molecular weight excluding hydrogens is 256 g/mol. The summed E-state index contributed by atoms with van der Waals surface area (Å²) in [5, 5.41) is 3.03. The first-order valence-corrected chi connectivity index (χ1v) is 5.96. The number of nitrogens with zero attached hydrogens (tertiary/aromatic N) is 3. The van der Waals surface area contributed by atoms with Gasteiger partial charge in [-0.3, -0.25) is 9.59 Å². The van der Waals surface area contributed by atoms with E-state index in [4.69, 9.17) is 11.6 Å². The maximum absolute atomic E-state index is 11.9. The van der Waals surface area contributed by atoms with Crippen LogP contribution in [0.1, 0.15) is 23.3 Å². The summed E-state index contributed by atoms with van der Waals surface area (Å²) >= 11 is 5.58. The minimum absolute atomic E-state index is 0.0135. The largest absolute Gasteiger partial charge is 0.352 e. The molecule has 0 spiro atoms. The molecule has 0 aliphatic heterocycles. The summed E-state index contributed by atoms with van der Waals surface area (Å²) in [5.41, 5.74) is 0.168. The van der Waals surface area contributed by atoms with Crippen molar-refractivity contribution in [3.05, 3.63) is 23.2 Å². The molecule has 0 atom stereocenters. The lowest BCUT2D eigenvalue weighted by Crippen LogP contribution is -2.39. The second-order valence-corrected chi connectivity index (χ2v) is 4.61. The molecule has 0 radical (unpaired) electrons. The number of likely N-dealkylation sites (N-methyl/N-ethyl adjacent to an activating group) is 1. The van der Waals surface area contributed by atoms with E-state index in [0.717, 1.165) is 12.8 Å². The van der Waals surface area contributed by atoms with Gasteiger partial charge in [0, 0.05) is 13.1 Å². The van der Waals surface area contributed by atoms with Crippen LogP contribution < -0.4 is 5.32 Å². The van der Waals surface area contributed by atoms with Gasteiger partial charge in [0.15, 0.2) is 0 Å². The lowest BCUT2D eigenvalue weighted by atomic mass is 10.3. The fourth-order valence-corrected chi connectivity index (χ4v) is 1.50. The average Bonchev–Trinajstić information content (AvgIpc) is 3.12. The number of hydrogen-bond donors (Lipinski definition) is 1. The first-order valence-electron chi connectivity index (χ1n) is 5.58. The second kappa shape index (κ2) is 5.30. The van der Waals surface area contributed by atoms with Gasteiger partial charge in [0.05, 0.1) is 18.9 Å². The molecular formula is C11H13ClN4O2. The van der Waals surface area contributed by atoms with E-state index < -0.39 is 0 Å². The average molecular weight is 269 g/mol. The van der Waals surface area contributed by atoms with Gasteiger partial charge in [0.25, 0.3) is 5.91 Å². The molecule has 1 saturated carbocycles. The lowest BCUT2D eigenvalue weighted by molar-refractivity contribution is -0.121. The fraction of sp³-hybridized carbons (Fsp3) is 0.455. The van der Waals surface area contributed by atoms with Crippen molar-refractivity contribution in [2.45, 2.75) is 18.9 Å². The zero-order chi connectivity index (χ0) is 13.1. The van der Waals surface area contributed by atoms with E-state index in [1.54, 1.807) is 7.05 Å². The Morgan fingerprint density at radius 2 is 2.17 bits per heavy atom. The molecule has 2 rings (SSSR count). The van der Waals surface area contributed by atoms with E-state index in [0.29, 0.717) is 0 Å². The highest BCUT2D eigenvalue weighted by atomic mass is 35.5. The number of halogens is 1. The van der Waals surface area contributed by atoms with Crippen molar-refractivity contribution in [1.82, 2.24) is 20.2 Å². The zero-order valence-corrected chi connectivity index (χ0v) is 10.6. The van der Waals surface area contributed by atoms with Gasteiger partial charge in [-0.25, -0.2) is 9.97 Å². The molecule has 0 saturated heterocycles. The van der Waals surface area contributed by atoms with Gasteiger partial charge in [-0.2, -0.15) is 0 Å². The van der Waals surface area contributed by atoms with Crippen LogP contribution in [0.3, 0.4) is 0 Å². The third-order valence-electron chi connectivity index (χ3n) is 2.51. The van der Waals surface area contributed by atoms with Crippen molar-refractivity contribution in [2.24, 2.45) is 0 Å². The Kier molecular flexibility index (Phi) is 3.76. The van der Waals surface area contributed by atoms with Crippen molar-refractivity contribution in [3.8, 4) is 0 Å². The predicted molar refractivity (Wildman–Crippen MR) is 65.2 cm³/mol. The molecule has 1 aromatic rings. The Hall–Kier alpha value is -1.69. The number of aromatic nitrogens is 2. The number of carbonyl (C=O) groups excluding carboxylic acids is 2. The Morgan fingerprint density at radius 1 is 1.44 bits per heavy atom. The maximum Gasteiger partial charge on any atom is 0.274 e. The Balaban J connectivity index is 1.90. The summed E-state index contributed by atoms with van der Waals surface area (Å²) in [6, 6.07) is 0.288. The van der Waals surface area contributed by atoms with Crippen LogP contribution >= 0.6 is 11.6 Å². The molecule has 2 amide bonds. The first-order chi connectivity index (χ1) is 8.56. The van der Waals surface area contributed by atoms with Crippen LogP contribution in [0.5, 0.6) is 0 Å². The molecule has 18 heavy (non-hydrogen) atoms. The number of rotatable bonds is 4. The van der Waals surface area contributed by atoms with E-state index in [1.807, 2.05) is 0 Å². The predicted octanol–water partition coefficient (Wildman–Crippen LogP) is 0.481. The molecule has 96 valence electrons. The van der Waals surface area contributed by atoms with Crippen molar-refractivity contribution < 1.29 is 9.59 Å². The fourth-order valence-electron chi connectivity index (χ4n) is 1.41. The highest BCUT2D eigenvalue weighted by Crippen LogP contribution is 2.18. The summed E-state index contributed by atoms with van der Waals surface area (Å²) in [5.74, 6) is -0.514. The van der Waals surface area contributed by atoms with Gasteiger partial charge in [-0.05, 0) is 12.8 Å². The van der Waals surface area contributed by atoms with E-state index >= 15 is 0 Å². The summed E-state index contributed by atoms with van der Waals surface area (Å²) in [4.78, 5) is 32.4. The quantitative estimate of drug-likeness (QED) is 0.862. The first kappa shape index (κ1) is 12.8. The van der Waals surface area contributed by atoms with E-state index in [9.17, 15) is 9.59 Å². The highest BCUT2D eigenvalue weighted by molar-refractivity contribution is 6.29. The van der Waals surface area contributed by atoms with E-state index in [-0.39, 0.29) is 35.2 Å². The van der Waals surface area contributed by atoms with Gasteiger partial charge < -0.3 is 10.2 Å². The van der Waals surface area contributed by atoms with Crippen molar-refractivity contribution >= 4 is 23.4 Å². The molecule has 1 N–H and O–H groups in total. The van der Waals surface area contributed by atoms with Crippen LogP contribution in [0.2, 0.25) is 5.15 Å². The minimum Gasteiger partial charge on any atom is -0.352 e. The van der Waals surface area contributed by atoms with Crippen LogP contribution in [-0.4, -0.2) is 46.3 Å². The van der Waals surface area contributed by atoms with Crippen molar-refractivity contribution in [1.29, 1.82) is 0 Å². The summed E-state index contributed by atoms with van der Waals surface area (Å²) in [6.45, 7) is 0.0135. The van der Waals surface area contributed by atoms with Crippen molar-refractivity contribution in [3.63, 3.8) is 0 Å². The summed E-state index contributed by atoms with van der Waals surface area (Å²) < 4.78 is 0. The smallest absolute Gasteiger partial charge is 0.274 e. The summed E-state index contributed by atoms with van der Waals surface area (Å²) in [7, 11) is 1.55. The minimum atomic E-state index is -0.356. The van der Waals surface area contributed by atoms with Gasteiger partial charge >= 0.3 is 0 Å². The zero-order valence-electron chi connectivity index (χ0n) is 9.89. The SMILES string of the molecule is CN(CC(=O)NC1CC1)C(=O)c1cnc(Cl)cn1. The normalized spacial score (nSPS) is 14.1. The number of carbonyl (C=O) groups is 2. The second-order valence-electron chi connectivity index (χ2n) is 4.23. The Morgan fingerprint density at radius 3 is 2.72 bits per heavy atom. The van der Waals surface area contributed by atoms with Crippen LogP contribution in [0, 0.1) is 0 Å². The molecule has 6 nitrogen and oxygen atoms in total. The molecule has 1 aliphatic carbocycles. The molecule has 0 bridgehead atoms. The van der Waals surface area contributed by atoms with Crippen LogP contribution in [0.15, 0.2) is 12.4 Å².